The molecule has 8 nitrogen and oxygen atoms in total. The van der Waals surface area contributed by atoms with Crippen molar-refractivity contribution in [2.75, 3.05) is 18.4 Å². The maximum absolute atomic E-state index is 12.4. The van der Waals surface area contributed by atoms with Crippen LogP contribution in [-0.2, 0) is 4.79 Å². The largest absolute Gasteiger partial charge is 0.480 e. The first kappa shape index (κ1) is 15.7. The van der Waals surface area contributed by atoms with Crippen LogP contribution in [0.3, 0.4) is 0 Å². The molecule has 1 fully saturated rings. The molecule has 1 unspecified atom stereocenters. The Hall–Kier alpha value is -2.64. The van der Waals surface area contributed by atoms with E-state index >= 15 is 0 Å². The summed E-state index contributed by atoms with van der Waals surface area (Å²) in [6.45, 7) is 2.62. The third-order valence-electron chi connectivity index (χ3n) is 3.57. The van der Waals surface area contributed by atoms with E-state index in [0.29, 0.717) is 18.8 Å². The number of carbonyl (C=O) groups is 2. The summed E-state index contributed by atoms with van der Waals surface area (Å²) in [5, 5.41) is 22.7. The molecule has 1 atom stereocenters. The molecule has 0 radical (unpaired) electrons. The molecule has 0 bridgehead atoms. The van der Waals surface area contributed by atoms with E-state index in [0.717, 1.165) is 12.8 Å². The number of nitro benzene ring substituents is 1. The molecule has 0 aromatic heterocycles. The van der Waals surface area contributed by atoms with Gasteiger partial charge in [0, 0.05) is 24.8 Å². The highest BCUT2D eigenvalue weighted by Gasteiger charge is 2.27. The topological polar surface area (TPSA) is 113 Å². The molecule has 8 heteroatoms. The summed E-state index contributed by atoms with van der Waals surface area (Å²) in [7, 11) is 0. The number of amides is 1. The van der Waals surface area contributed by atoms with Gasteiger partial charge in [-0.15, -0.1) is 0 Å². The molecule has 2 N–H and O–H groups in total. The number of hydrogen-bond acceptors (Lipinski definition) is 5. The summed E-state index contributed by atoms with van der Waals surface area (Å²) in [5.41, 5.74) is 0.0722. The van der Waals surface area contributed by atoms with Gasteiger partial charge >= 0.3 is 5.97 Å². The molecule has 1 aliphatic heterocycles. The van der Waals surface area contributed by atoms with Crippen molar-refractivity contribution >= 4 is 23.3 Å². The van der Waals surface area contributed by atoms with E-state index in [4.69, 9.17) is 5.11 Å². The van der Waals surface area contributed by atoms with Crippen molar-refractivity contribution in [1.29, 1.82) is 0 Å². The first-order chi connectivity index (χ1) is 10.4. The fourth-order valence-corrected chi connectivity index (χ4v) is 2.36. The predicted octanol–water partition coefficient (Wildman–Crippen LogP) is 1.72. The predicted molar refractivity (Wildman–Crippen MR) is 79.0 cm³/mol. The number of nitrogens with one attached hydrogen (secondary N) is 1. The average Bonchev–Trinajstić information content (AvgIpc) is 3.00. The second-order valence-electron chi connectivity index (χ2n) is 5.19. The van der Waals surface area contributed by atoms with Gasteiger partial charge in [-0.2, -0.15) is 0 Å². The van der Waals surface area contributed by atoms with Crippen molar-refractivity contribution in [3.8, 4) is 0 Å². The molecule has 0 aliphatic carbocycles. The summed E-state index contributed by atoms with van der Waals surface area (Å²) < 4.78 is 0. The molecule has 118 valence electrons. The minimum atomic E-state index is -1.05. The van der Waals surface area contributed by atoms with Gasteiger partial charge in [0.2, 0.25) is 0 Å². The molecule has 1 saturated heterocycles. The van der Waals surface area contributed by atoms with Gasteiger partial charge < -0.3 is 15.3 Å². The minimum absolute atomic E-state index is 0.0190. The SMILES string of the molecule is CC(Nc1ccc([N+](=O)[O-])c(C(=O)N2CCCC2)c1)C(=O)O. The van der Waals surface area contributed by atoms with Crippen molar-refractivity contribution < 1.29 is 19.6 Å². The van der Waals surface area contributed by atoms with E-state index in [1.165, 1.54) is 25.1 Å². The maximum Gasteiger partial charge on any atom is 0.325 e. The maximum atomic E-state index is 12.4. The van der Waals surface area contributed by atoms with Gasteiger partial charge in [-0.05, 0) is 31.9 Å². The van der Waals surface area contributed by atoms with E-state index in [-0.39, 0.29) is 11.3 Å². The highest BCUT2D eigenvalue weighted by molar-refractivity contribution is 5.99. The van der Waals surface area contributed by atoms with Crippen molar-refractivity contribution in [1.82, 2.24) is 4.90 Å². The number of benzene rings is 1. The quantitative estimate of drug-likeness (QED) is 0.632. The lowest BCUT2D eigenvalue weighted by atomic mass is 10.1. The number of aliphatic carboxylic acids is 1. The van der Waals surface area contributed by atoms with Crippen LogP contribution in [0.4, 0.5) is 11.4 Å². The van der Waals surface area contributed by atoms with E-state index < -0.39 is 22.8 Å². The lowest BCUT2D eigenvalue weighted by Crippen LogP contribution is -2.29. The summed E-state index contributed by atoms with van der Waals surface area (Å²) in [6.07, 6.45) is 1.76. The van der Waals surface area contributed by atoms with Crippen LogP contribution in [-0.4, -0.2) is 45.9 Å². The monoisotopic (exact) mass is 307 g/mol. The third-order valence-corrected chi connectivity index (χ3v) is 3.57. The van der Waals surface area contributed by atoms with E-state index in [1.807, 2.05) is 0 Å². The Kier molecular flexibility index (Phi) is 4.59. The van der Waals surface area contributed by atoms with Crippen LogP contribution >= 0.6 is 0 Å². The number of carboxylic acids is 1. The Morgan fingerprint density at radius 1 is 1.36 bits per heavy atom. The number of hydrogen-bond donors (Lipinski definition) is 2. The van der Waals surface area contributed by atoms with E-state index in [9.17, 15) is 19.7 Å². The number of carbonyl (C=O) groups excluding carboxylic acids is 1. The number of nitrogens with zero attached hydrogens (tertiary/aromatic N) is 2. The Bertz CT molecular complexity index is 610. The summed E-state index contributed by atoms with van der Waals surface area (Å²) in [5.74, 6) is -1.44. The van der Waals surface area contributed by atoms with Gasteiger partial charge in [0.05, 0.1) is 4.92 Å². The molecule has 1 aliphatic rings. The standard InChI is InChI=1S/C14H17N3O5/c1-9(14(19)20)15-10-4-5-12(17(21)22)11(8-10)13(18)16-6-2-3-7-16/h4-5,8-9,15H,2-3,6-7H2,1H3,(H,19,20). The number of nitro groups is 1. The van der Waals surface area contributed by atoms with Gasteiger partial charge in [-0.3, -0.25) is 19.7 Å². The van der Waals surface area contributed by atoms with Crippen LogP contribution in [0.2, 0.25) is 0 Å². The van der Waals surface area contributed by atoms with Gasteiger partial charge in [0.15, 0.2) is 0 Å². The second-order valence-corrected chi connectivity index (χ2v) is 5.19. The molecular weight excluding hydrogens is 290 g/mol. The van der Waals surface area contributed by atoms with E-state index in [1.54, 1.807) is 4.90 Å². The molecule has 22 heavy (non-hydrogen) atoms. The zero-order valence-electron chi connectivity index (χ0n) is 12.1. The molecule has 1 aromatic rings. The summed E-state index contributed by atoms with van der Waals surface area (Å²) in [4.78, 5) is 35.4. The zero-order valence-corrected chi connectivity index (χ0v) is 12.1. The first-order valence-corrected chi connectivity index (χ1v) is 6.97. The first-order valence-electron chi connectivity index (χ1n) is 6.97. The van der Waals surface area contributed by atoms with Crippen LogP contribution in [0.5, 0.6) is 0 Å². The van der Waals surface area contributed by atoms with E-state index in [2.05, 4.69) is 5.32 Å². The second kappa shape index (κ2) is 6.42. The minimum Gasteiger partial charge on any atom is -0.480 e. The van der Waals surface area contributed by atoms with Crippen LogP contribution in [0.25, 0.3) is 0 Å². The Balaban J connectivity index is 2.33. The fraction of sp³-hybridized carbons (Fsp3) is 0.429. The lowest BCUT2D eigenvalue weighted by molar-refractivity contribution is -0.385. The van der Waals surface area contributed by atoms with Crippen molar-refractivity contribution in [3.63, 3.8) is 0 Å². The fourth-order valence-electron chi connectivity index (χ4n) is 2.36. The number of anilines is 1. The van der Waals surface area contributed by atoms with Gasteiger partial charge in [0.1, 0.15) is 11.6 Å². The van der Waals surface area contributed by atoms with Crippen LogP contribution in [0, 0.1) is 10.1 Å². The normalized spacial score (nSPS) is 15.4. The highest BCUT2D eigenvalue weighted by atomic mass is 16.6. The van der Waals surface area contributed by atoms with Gasteiger partial charge in [-0.25, -0.2) is 0 Å². The number of rotatable bonds is 5. The molecule has 0 saturated carbocycles. The molecule has 2 rings (SSSR count). The van der Waals surface area contributed by atoms with Crippen LogP contribution in [0.15, 0.2) is 18.2 Å². The van der Waals surface area contributed by atoms with Crippen LogP contribution in [0.1, 0.15) is 30.1 Å². The Morgan fingerprint density at radius 2 is 2.00 bits per heavy atom. The van der Waals surface area contributed by atoms with Crippen molar-refractivity contribution in [2.45, 2.75) is 25.8 Å². The lowest BCUT2D eigenvalue weighted by Gasteiger charge is -2.17. The van der Waals surface area contributed by atoms with Gasteiger partial charge in [-0.1, -0.05) is 0 Å². The summed E-state index contributed by atoms with van der Waals surface area (Å²) in [6, 6.07) is 3.10. The molecule has 1 aromatic carbocycles. The molecular formula is C14H17N3O5. The smallest absolute Gasteiger partial charge is 0.325 e. The summed E-state index contributed by atoms with van der Waals surface area (Å²) >= 11 is 0. The van der Waals surface area contributed by atoms with Gasteiger partial charge in [0.25, 0.3) is 11.6 Å². The highest BCUT2D eigenvalue weighted by Crippen LogP contribution is 2.26. The number of likely N-dealkylation sites (tertiary alicyclic amines) is 1. The molecule has 0 spiro atoms. The zero-order chi connectivity index (χ0) is 16.3. The van der Waals surface area contributed by atoms with Crippen molar-refractivity contribution in [2.24, 2.45) is 0 Å². The van der Waals surface area contributed by atoms with Crippen LogP contribution < -0.4 is 5.32 Å². The third kappa shape index (κ3) is 3.33. The Morgan fingerprint density at radius 3 is 2.55 bits per heavy atom. The van der Waals surface area contributed by atoms with Crippen molar-refractivity contribution in [3.05, 3.63) is 33.9 Å². The number of carboxylic acid groups (broad SMARTS) is 1. The Labute approximate surface area is 126 Å². The average molecular weight is 307 g/mol. The molecule has 1 amide bonds. The molecule has 1 heterocycles.